The molecule has 152 valence electrons. The Morgan fingerprint density at radius 2 is 1.97 bits per heavy atom. The van der Waals surface area contributed by atoms with Gasteiger partial charge in [-0.05, 0) is 61.4 Å². The molecular weight excluding hydrogens is 390 g/mol. The van der Waals surface area contributed by atoms with Crippen LogP contribution in [0.15, 0.2) is 50.7 Å². The van der Waals surface area contributed by atoms with Crippen LogP contribution in [0.1, 0.15) is 42.2 Å². The zero-order valence-corrected chi connectivity index (χ0v) is 17.0. The largest absolute Gasteiger partial charge is 0.468 e. The number of rotatable bonds is 6. The minimum Gasteiger partial charge on any atom is -0.468 e. The van der Waals surface area contributed by atoms with Crippen LogP contribution < -0.4 is 10.3 Å². The Morgan fingerprint density at radius 1 is 1.17 bits per heavy atom. The summed E-state index contributed by atoms with van der Waals surface area (Å²) < 4.78 is 33.8. The van der Waals surface area contributed by atoms with Crippen LogP contribution in [-0.4, -0.2) is 18.6 Å². The molecule has 0 radical (unpaired) electrons. The maximum atomic E-state index is 13.0. The van der Waals surface area contributed by atoms with E-state index in [-0.39, 0.29) is 17.0 Å². The highest BCUT2D eigenvalue weighted by Crippen LogP contribution is 2.30. The monoisotopic (exact) mass is 413 g/mol. The van der Waals surface area contributed by atoms with E-state index in [9.17, 15) is 13.2 Å². The second-order valence-electron chi connectivity index (χ2n) is 7.15. The lowest BCUT2D eigenvalue weighted by atomic mass is 9.89. The molecule has 0 spiro atoms. The Bertz CT molecular complexity index is 1180. The molecule has 1 aromatic carbocycles. The van der Waals surface area contributed by atoms with Crippen LogP contribution in [0.2, 0.25) is 0 Å². The second-order valence-corrected chi connectivity index (χ2v) is 8.88. The first kappa shape index (κ1) is 19.6. The average Bonchev–Trinajstić information content (AvgIpc) is 3.26. The molecule has 0 fully saturated rings. The number of H-pyrrole nitrogens is 1. The van der Waals surface area contributed by atoms with Crippen LogP contribution in [0.5, 0.6) is 0 Å². The van der Waals surface area contributed by atoms with E-state index in [2.05, 4.69) is 14.9 Å². The lowest BCUT2D eigenvalue weighted by Crippen LogP contribution is -2.24. The average molecular weight is 413 g/mol. The molecule has 0 aliphatic heterocycles. The summed E-state index contributed by atoms with van der Waals surface area (Å²) in [4.78, 5) is 12.4. The normalized spacial score (nSPS) is 14.0. The number of aromatic amines is 1. The second kappa shape index (κ2) is 7.96. The highest BCUT2D eigenvalue weighted by Gasteiger charge is 2.23. The number of sulfonamides is 1. The quantitative estimate of drug-likeness (QED) is 0.646. The summed E-state index contributed by atoms with van der Waals surface area (Å²) in [6.45, 7) is 2.00. The van der Waals surface area contributed by atoms with Gasteiger partial charge in [0.15, 0.2) is 0 Å². The molecule has 2 aromatic heterocycles. The Kier molecular flexibility index (Phi) is 5.38. The van der Waals surface area contributed by atoms with E-state index in [1.807, 2.05) is 19.1 Å². The van der Waals surface area contributed by atoms with Gasteiger partial charge in [-0.1, -0.05) is 19.1 Å². The summed E-state index contributed by atoms with van der Waals surface area (Å²) in [7, 11) is -3.75. The first-order chi connectivity index (χ1) is 14.0. The summed E-state index contributed by atoms with van der Waals surface area (Å²) in [6, 6.07) is 8.78. The third kappa shape index (κ3) is 3.90. The van der Waals surface area contributed by atoms with Crippen molar-refractivity contribution < 1.29 is 12.8 Å². The predicted octanol–water partition coefficient (Wildman–Crippen LogP) is 2.95. The number of benzene rings is 1. The summed E-state index contributed by atoms with van der Waals surface area (Å²) in [5.74, 6) is 0.541. The fraction of sp³-hybridized carbons (Fsp3) is 0.333. The highest BCUT2D eigenvalue weighted by atomic mass is 32.2. The molecule has 2 N–H and O–H groups in total. The fourth-order valence-electron chi connectivity index (χ4n) is 3.80. The fourth-order valence-corrected chi connectivity index (χ4v) is 5.13. The van der Waals surface area contributed by atoms with Crippen molar-refractivity contribution >= 4 is 10.0 Å². The summed E-state index contributed by atoms with van der Waals surface area (Å²) in [6.07, 6.45) is 5.55. The van der Waals surface area contributed by atoms with Crippen molar-refractivity contribution in [3.8, 4) is 11.3 Å². The summed E-state index contributed by atoms with van der Waals surface area (Å²) in [5, 5.41) is 6.83. The number of nitrogens with zero attached hydrogens (tertiary/aromatic N) is 1. The number of hydrogen-bond donors (Lipinski definition) is 2. The van der Waals surface area contributed by atoms with Crippen LogP contribution in [-0.2, 0) is 35.8 Å². The molecule has 0 saturated heterocycles. The Balaban J connectivity index is 1.75. The first-order valence-electron chi connectivity index (χ1n) is 9.75. The molecule has 8 heteroatoms. The van der Waals surface area contributed by atoms with Crippen molar-refractivity contribution in [3.05, 3.63) is 69.4 Å². The third-order valence-electron chi connectivity index (χ3n) is 5.32. The lowest BCUT2D eigenvalue weighted by Gasteiger charge is -2.18. The van der Waals surface area contributed by atoms with Crippen LogP contribution in [0.4, 0.5) is 0 Å². The van der Waals surface area contributed by atoms with E-state index in [0.29, 0.717) is 23.4 Å². The maximum Gasteiger partial charge on any atom is 0.267 e. The lowest BCUT2D eigenvalue weighted by molar-refractivity contribution is 0.498. The van der Waals surface area contributed by atoms with Crippen molar-refractivity contribution in [1.29, 1.82) is 0 Å². The van der Waals surface area contributed by atoms with Crippen molar-refractivity contribution in [2.45, 2.75) is 50.5 Å². The van der Waals surface area contributed by atoms with Crippen LogP contribution in [0, 0.1) is 0 Å². The van der Waals surface area contributed by atoms with Crippen molar-refractivity contribution in [2.24, 2.45) is 0 Å². The van der Waals surface area contributed by atoms with Gasteiger partial charge in [-0.15, -0.1) is 0 Å². The first-order valence-corrected chi connectivity index (χ1v) is 11.2. The molecule has 29 heavy (non-hydrogen) atoms. The van der Waals surface area contributed by atoms with E-state index in [1.54, 1.807) is 18.2 Å². The molecule has 0 bridgehead atoms. The minimum absolute atomic E-state index is 0.0784. The Morgan fingerprint density at radius 3 is 2.69 bits per heavy atom. The molecular formula is C21H23N3O4S. The van der Waals surface area contributed by atoms with E-state index >= 15 is 0 Å². The zero-order chi connectivity index (χ0) is 20.4. The molecule has 2 heterocycles. The van der Waals surface area contributed by atoms with Gasteiger partial charge in [0.25, 0.3) is 5.56 Å². The summed E-state index contributed by atoms with van der Waals surface area (Å²) >= 11 is 0. The van der Waals surface area contributed by atoms with Crippen LogP contribution in [0.3, 0.4) is 0 Å². The number of aryl methyl sites for hydroxylation is 1. The van der Waals surface area contributed by atoms with Crippen LogP contribution in [0.25, 0.3) is 11.3 Å². The molecule has 1 aliphatic rings. The number of nitrogens with one attached hydrogen (secondary N) is 2. The maximum absolute atomic E-state index is 13.0. The molecule has 0 unspecified atom stereocenters. The van der Waals surface area contributed by atoms with Gasteiger partial charge in [-0.25, -0.2) is 18.2 Å². The molecule has 7 nitrogen and oxygen atoms in total. The summed E-state index contributed by atoms with van der Waals surface area (Å²) in [5.41, 5.74) is 3.61. The molecule has 4 rings (SSSR count). The van der Waals surface area contributed by atoms with E-state index in [4.69, 9.17) is 4.42 Å². The SMILES string of the molecule is CCc1ccc(-c2n[nH]c(=O)c3c2CCCC3)cc1S(=O)(=O)NCc1ccco1. The van der Waals surface area contributed by atoms with Gasteiger partial charge in [0.2, 0.25) is 10.0 Å². The number of fused-ring (bicyclic) bond motifs is 1. The molecule has 0 atom stereocenters. The van der Waals surface area contributed by atoms with Crippen molar-refractivity contribution in [1.82, 2.24) is 14.9 Å². The highest BCUT2D eigenvalue weighted by molar-refractivity contribution is 7.89. The number of furan rings is 1. The van der Waals surface area contributed by atoms with Gasteiger partial charge in [0, 0.05) is 11.1 Å². The number of hydrogen-bond acceptors (Lipinski definition) is 5. The van der Waals surface area contributed by atoms with Gasteiger partial charge in [0.05, 0.1) is 23.4 Å². The molecule has 3 aromatic rings. The van der Waals surface area contributed by atoms with Crippen molar-refractivity contribution in [3.63, 3.8) is 0 Å². The van der Waals surface area contributed by atoms with Crippen LogP contribution >= 0.6 is 0 Å². The smallest absolute Gasteiger partial charge is 0.267 e. The standard InChI is InChI=1S/C21H23N3O4S/c1-2-14-9-10-15(20-17-7-3-4-8-18(17)21(25)24-23-20)12-19(14)29(26,27)22-13-16-6-5-11-28-16/h5-6,9-12,22H,2-4,7-8,13H2,1H3,(H,24,25). The molecule has 1 aliphatic carbocycles. The van der Waals surface area contributed by atoms with Gasteiger partial charge in [0.1, 0.15) is 5.76 Å². The van der Waals surface area contributed by atoms with E-state index < -0.39 is 10.0 Å². The van der Waals surface area contributed by atoms with Gasteiger partial charge >= 0.3 is 0 Å². The van der Waals surface area contributed by atoms with E-state index in [0.717, 1.165) is 42.4 Å². The Hall–Kier alpha value is -2.71. The van der Waals surface area contributed by atoms with Gasteiger partial charge < -0.3 is 4.42 Å². The predicted molar refractivity (Wildman–Crippen MR) is 109 cm³/mol. The van der Waals surface area contributed by atoms with Gasteiger partial charge in [-0.3, -0.25) is 4.79 Å². The minimum atomic E-state index is -3.75. The van der Waals surface area contributed by atoms with Gasteiger partial charge in [-0.2, -0.15) is 5.10 Å². The topological polar surface area (TPSA) is 105 Å². The van der Waals surface area contributed by atoms with Crippen molar-refractivity contribution in [2.75, 3.05) is 0 Å². The third-order valence-corrected chi connectivity index (χ3v) is 6.81. The number of aromatic nitrogens is 2. The Labute approximate surface area is 169 Å². The van der Waals surface area contributed by atoms with E-state index in [1.165, 1.54) is 6.26 Å². The zero-order valence-electron chi connectivity index (χ0n) is 16.2. The molecule has 0 amide bonds. The molecule has 0 saturated carbocycles.